The SMILES string of the molecule is C=C(/C=C(\C=C(/C)c1ccc(-c2ccccc2)cc1)c1cccc2c1-c1cc(-c3ccc(-c4ccccc4)cc3)ccc1S2(=O)=O)c1ccccc1. The zero-order chi connectivity index (χ0) is 35.7. The molecule has 0 atom stereocenters. The summed E-state index contributed by atoms with van der Waals surface area (Å²) >= 11 is 0. The van der Waals surface area contributed by atoms with Crippen LogP contribution in [0, 0.1) is 0 Å². The summed E-state index contributed by atoms with van der Waals surface area (Å²) in [6.45, 7) is 6.54. The first-order valence-electron chi connectivity index (χ1n) is 17.4. The second kappa shape index (κ2) is 13.8. The molecular weight excluding hydrogens is 653 g/mol. The fourth-order valence-corrected chi connectivity index (χ4v) is 8.69. The van der Waals surface area contributed by atoms with Crippen LogP contribution in [-0.2, 0) is 9.84 Å². The smallest absolute Gasteiger partial charge is 0.207 e. The van der Waals surface area contributed by atoms with Crippen molar-refractivity contribution in [2.24, 2.45) is 0 Å². The summed E-state index contributed by atoms with van der Waals surface area (Å²) in [5.41, 5.74) is 13.7. The Kier molecular flexibility index (Phi) is 8.72. The lowest BCUT2D eigenvalue weighted by molar-refractivity contribution is 0.598. The second-order valence-corrected chi connectivity index (χ2v) is 15.0. The Morgan fingerprint density at radius 1 is 0.481 bits per heavy atom. The average Bonchev–Trinajstić information content (AvgIpc) is 3.44. The third-order valence-electron chi connectivity index (χ3n) is 9.78. The van der Waals surface area contributed by atoms with E-state index in [0.717, 1.165) is 66.8 Å². The van der Waals surface area contributed by atoms with Gasteiger partial charge in [-0.2, -0.15) is 0 Å². The molecule has 0 amide bonds. The van der Waals surface area contributed by atoms with Crippen molar-refractivity contribution < 1.29 is 8.42 Å². The Morgan fingerprint density at radius 3 is 1.58 bits per heavy atom. The van der Waals surface area contributed by atoms with E-state index < -0.39 is 9.84 Å². The molecule has 0 spiro atoms. The quantitative estimate of drug-likeness (QED) is 0.149. The first-order chi connectivity index (χ1) is 25.4. The topological polar surface area (TPSA) is 34.1 Å². The molecule has 1 heterocycles. The lowest BCUT2D eigenvalue weighted by Crippen LogP contribution is -1.97. The van der Waals surface area contributed by atoms with Crippen molar-refractivity contribution in [2.45, 2.75) is 16.7 Å². The van der Waals surface area contributed by atoms with Gasteiger partial charge in [-0.15, -0.1) is 0 Å². The van der Waals surface area contributed by atoms with Crippen LogP contribution < -0.4 is 0 Å². The normalized spacial score (nSPS) is 13.3. The molecule has 250 valence electrons. The molecule has 1 aliphatic rings. The standard InChI is InChI=1S/C49H36O2S/c1-34(36-13-6-3-7-14-36)31-44(32-35(2)37-21-23-40(24-22-37)38-15-8-4-9-16-38)45-19-12-20-48-49(45)46-33-43(29-30-47(46)52(48,50)51)42-27-25-41(26-28-42)39-17-10-5-11-18-39/h3-33H,1H2,2H3/b35-32+,44-31+. The number of hydrogen-bond acceptors (Lipinski definition) is 2. The fourth-order valence-electron chi connectivity index (χ4n) is 7.01. The van der Waals surface area contributed by atoms with E-state index in [9.17, 15) is 8.42 Å². The summed E-state index contributed by atoms with van der Waals surface area (Å²) in [5, 5.41) is 0. The second-order valence-electron chi connectivity index (χ2n) is 13.1. The van der Waals surface area contributed by atoms with Crippen molar-refractivity contribution in [3.05, 3.63) is 211 Å². The Bertz CT molecular complexity index is 2600. The van der Waals surface area contributed by atoms with Crippen LogP contribution in [0.3, 0.4) is 0 Å². The summed E-state index contributed by atoms with van der Waals surface area (Å²) in [7, 11) is -3.73. The van der Waals surface area contributed by atoms with Gasteiger partial charge in [0.15, 0.2) is 0 Å². The van der Waals surface area contributed by atoms with Crippen LogP contribution in [0.25, 0.3) is 61.2 Å². The van der Waals surface area contributed by atoms with Gasteiger partial charge in [-0.3, -0.25) is 0 Å². The Labute approximate surface area is 306 Å². The molecular formula is C49H36O2S. The predicted molar refractivity (Wildman–Crippen MR) is 217 cm³/mol. The van der Waals surface area contributed by atoms with Crippen LogP contribution in [0.5, 0.6) is 0 Å². The van der Waals surface area contributed by atoms with Gasteiger partial charge in [-0.25, -0.2) is 8.42 Å². The summed E-state index contributed by atoms with van der Waals surface area (Å²) in [4.78, 5) is 0.657. The Hall–Kier alpha value is -6.29. The van der Waals surface area contributed by atoms with E-state index in [2.05, 4.69) is 98.5 Å². The summed E-state index contributed by atoms with van der Waals surface area (Å²) in [5.74, 6) is 0. The number of hydrogen-bond donors (Lipinski definition) is 0. The minimum atomic E-state index is -3.73. The molecule has 0 aliphatic carbocycles. The predicted octanol–water partition coefficient (Wildman–Crippen LogP) is 12.7. The summed E-state index contributed by atoms with van der Waals surface area (Å²) < 4.78 is 28.2. The maximum Gasteiger partial charge on any atom is 0.207 e. The third-order valence-corrected chi connectivity index (χ3v) is 11.6. The van der Waals surface area contributed by atoms with Crippen molar-refractivity contribution in [3.63, 3.8) is 0 Å². The van der Waals surface area contributed by atoms with Gasteiger partial charge < -0.3 is 0 Å². The van der Waals surface area contributed by atoms with E-state index in [1.165, 1.54) is 5.56 Å². The minimum absolute atomic E-state index is 0.325. The molecule has 2 nitrogen and oxygen atoms in total. The molecule has 1 aliphatic heterocycles. The summed E-state index contributed by atoms with van der Waals surface area (Å²) in [6, 6.07) is 59.0. The molecule has 0 aromatic heterocycles. The lowest BCUT2D eigenvalue weighted by atomic mass is 9.89. The van der Waals surface area contributed by atoms with Crippen molar-refractivity contribution in [1.29, 1.82) is 0 Å². The zero-order valence-electron chi connectivity index (χ0n) is 28.8. The highest BCUT2D eigenvalue weighted by Gasteiger charge is 2.35. The molecule has 0 radical (unpaired) electrons. The average molecular weight is 689 g/mol. The maximum atomic E-state index is 14.1. The van der Waals surface area contributed by atoms with Gasteiger partial charge in [-0.1, -0.05) is 170 Å². The fraction of sp³-hybridized carbons (Fsp3) is 0.0204. The van der Waals surface area contributed by atoms with E-state index in [-0.39, 0.29) is 0 Å². The van der Waals surface area contributed by atoms with Crippen molar-refractivity contribution in [3.8, 4) is 44.5 Å². The van der Waals surface area contributed by atoms with E-state index in [1.807, 2.05) is 91.0 Å². The summed E-state index contributed by atoms with van der Waals surface area (Å²) in [6.07, 6.45) is 4.22. The molecule has 0 saturated carbocycles. The first kappa shape index (κ1) is 32.9. The van der Waals surface area contributed by atoms with E-state index in [1.54, 1.807) is 12.1 Å². The van der Waals surface area contributed by atoms with Crippen LogP contribution >= 0.6 is 0 Å². The van der Waals surface area contributed by atoms with Gasteiger partial charge in [-0.05, 0) is 98.0 Å². The van der Waals surface area contributed by atoms with Gasteiger partial charge in [0.1, 0.15) is 0 Å². The lowest BCUT2D eigenvalue weighted by Gasteiger charge is -2.14. The third kappa shape index (κ3) is 6.28. The van der Waals surface area contributed by atoms with Crippen molar-refractivity contribution >= 4 is 26.6 Å². The molecule has 0 fully saturated rings. The highest BCUT2D eigenvalue weighted by atomic mass is 32.2. The van der Waals surface area contributed by atoms with Crippen LogP contribution in [0.1, 0.15) is 23.6 Å². The van der Waals surface area contributed by atoms with Crippen LogP contribution in [0.2, 0.25) is 0 Å². The molecule has 0 N–H and O–H groups in total. The molecule has 8 rings (SSSR count). The monoisotopic (exact) mass is 688 g/mol. The maximum absolute atomic E-state index is 14.1. The van der Waals surface area contributed by atoms with Gasteiger partial charge in [0.25, 0.3) is 0 Å². The highest BCUT2D eigenvalue weighted by Crippen LogP contribution is 2.48. The van der Waals surface area contributed by atoms with Gasteiger partial charge >= 0.3 is 0 Å². The van der Waals surface area contributed by atoms with Crippen LogP contribution in [-0.4, -0.2) is 8.42 Å². The number of allylic oxidation sites excluding steroid dienone is 5. The highest BCUT2D eigenvalue weighted by molar-refractivity contribution is 7.92. The molecule has 0 unspecified atom stereocenters. The Balaban J connectivity index is 1.24. The number of benzene rings is 7. The molecule has 7 aromatic carbocycles. The van der Waals surface area contributed by atoms with E-state index in [4.69, 9.17) is 0 Å². The van der Waals surface area contributed by atoms with Gasteiger partial charge in [0, 0.05) is 11.1 Å². The van der Waals surface area contributed by atoms with Crippen LogP contribution in [0.4, 0.5) is 0 Å². The molecule has 0 saturated heterocycles. The molecule has 0 bridgehead atoms. The van der Waals surface area contributed by atoms with Crippen molar-refractivity contribution in [2.75, 3.05) is 0 Å². The largest absolute Gasteiger partial charge is 0.218 e. The number of fused-ring (bicyclic) bond motifs is 3. The number of rotatable bonds is 8. The number of sulfone groups is 1. The zero-order valence-corrected chi connectivity index (χ0v) is 29.6. The van der Waals surface area contributed by atoms with Gasteiger partial charge in [0.05, 0.1) is 9.79 Å². The van der Waals surface area contributed by atoms with E-state index >= 15 is 0 Å². The molecule has 52 heavy (non-hydrogen) atoms. The molecule has 3 heteroatoms. The Morgan fingerprint density at radius 2 is 0.981 bits per heavy atom. The van der Waals surface area contributed by atoms with Crippen molar-refractivity contribution in [1.82, 2.24) is 0 Å². The first-order valence-corrected chi connectivity index (χ1v) is 18.8. The minimum Gasteiger partial charge on any atom is -0.218 e. The van der Waals surface area contributed by atoms with E-state index in [0.29, 0.717) is 15.4 Å². The molecule has 7 aromatic rings. The van der Waals surface area contributed by atoms with Crippen LogP contribution in [0.15, 0.2) is 204 Å². The van der Waals surface area contributed by atoms with Gasteiger partial charge in [0.2, 0.25) is 9.84 Å².